The highest BCUT2D eigenvalue weighted by Crippen LogP contribution is 2.29. The van der Waals surface area contributed by atoms with Crippen molar-refractivity contribution in [2.75, 3.05) is 5.32 Å². The van der Waals surface area contributed by atoms with E-state index < -0.39 is 29.2 Å². The van der Waals surface area contributed by atoms with Crippen LogP contribution in [0.3, 0.4) is 0 Å². The predicted octanol–water partition coefficient (Wildman–Crippen LogP) is 4.72. The Morgan fingerprint density at radius 3 is 2.26 bits per heavy atom. The molecule has 34 heavy (non-hydrogen) atoms. The number of anilines is 2. The second-order valence-electron chi connectivity index (χ2n) is 8.43. The van der Waals surface area contributed by atoms with Crippen LogP contribution in [0.2, 0.25) is 0 Å². The van der Waals surface area contributed by atoms with Crippen LogP contribution in [-0.4, -0.2) is 20.2 Å². The van der Waals surface area contributed by atoms with E-state index in [1.165, 1.54) is 12.1 Å². The van der Waals surface area contributed by atoms with Crippen molar-refractivity contribution in [1.29, 1.82) is 0 Å². The number of nitrogens with one attached hydrogen (secondary N) is 1. The maximum atomic E-state index is 13.2. The second kappa shape index (κ2) is 10.3. The molecule has 0 bridgehead atoms. The number of nitrogens with zero attached hydrogens (tertiary/aromatic N) is 3. The van der Waals surface area contributed by atoms with Crippen LogP contribution in [0.15, 0.2) is 58.1 Å². The highest BCUT2D eigenvalue weighted by molar-refractivity contribution is 5.53. The number of benzene rings is 2. The molecule has 1 N–H and O–H groups in total. The highest BCUT2D eigenvalue weighted by Gasteiger charge is 2.30. The smallest absolute Gasteiger partial charge is 0.374 e. The zero-order valence-electron chi connectivity index (χ0n) is 19.4. The molecular weight excluding hydrogens is 449 g/mol. The van der Waals surface area contributed by atoms with Crippen molar-refractivity contribution in [3.8, 4) is 0 Å². The Hall–Kier alpha value is -3.40. The van der Waals surface area contributed by atoms with Crippen LogP contribution in [0.5, 0.6) is 0 Å². The van der Waals surface area contributed by atoms with E-state index in [0.717, 1.165) is 26.8 Å². The van der Waals surface area contributed by atoms with Crippen molar-refractivity contribution in [2.24, 2.45) is 0 Å². The molecule has 0 saturated heterocycles. The molecule has 182 valence electrons. The van der Waals surface area contributed by atoms with E-state index in [-0.39, 0.29) is 24.2 Å². The summed E-state index contributed by atoms with van der Waals surface area (Å²) in [6.45, 7) is 7.41. The number of rotatable bonds is 8. The molecule has 0 unspecified atom stereocenters. The molecular formula is C24H27F3N4O3. The molecule has 1 heterocycles. The van der Waals surface area contributed by atoms with Gasteiger partial charge in [-0.05, 0) is 63.1 Å². The molecule has 0 fully saturated rings. The van der Waals surface area contributed by atoms with Gasteiger partial charge in [0, 0.05) is 11.7 Å². The zero-order chi connectivity index (χ0) is 25.0. The molecule has 0 radical (unpaired) electrons. The maximum absolute atomic E-state index is 13.2. The Balaban J connectivity index is 1.99. The molecule has 0 atom stereocenters. The van der Waals surface area contributed by atoms with E-state index in [9.17, 15) is 22.8 Å². The van der Waals surface area contributed by atoms with Gasteiger partial charge in [-0.15, -0.1) is 0 Å². The normalized spacial score (nSPS) is 11.9. The lowest BCUT2D eigenvalue weighted by Gasteiger charge is -2.18. The molecule has 3 aromatic rings. The molecule has 0 amide bonds. The Labute approximate surface area is 194 Å². The van der Waals surface area contributed by atoms with Gasteiger partial charge in [-0.25, -0.2) is 14.2 Å². The Bertz CT molecular complexity index is 1250. The SMILES string of the molecule is CC(C)OCc1ccc(Nc2nc(=O)n(C(C)C)c(=O)n2Cc2cccc(C(F)(F)F)c2)cc1. The van der Waals surface area contributed by atoms with Gasteiger partial charge in [0.15, 0.2) is 0 Å². The Morgan fingerprint density at radius 2 is 1.68 bits per heavy atom. The summed E-state index contributed by atoms with van der Waals surface area (Å²) >= 11 is 0. The summed E-state index contributed by atoms with van der Waals surface area (Å²) in [4.78, 5) is 29.7. The Kier molecular flexibility index (Phi) is 7.61. The number of alkyl halides is 3. The molecule has 10 heteroatoms. The van der Waals surface area contributed by atoms with Crippen LogP contribution >= 0.6 is 0 Å². The molecule has 3 rings (SSSR count). The van der Waals surface area contributed by atoms with E-state index >= 15 is 0 Å². The van der Waals surface area contributed by atoms with Gasteiger partial charge in [-0.3, -0.25) is 4.57 Å². The van der Waals surface area contributed by atoms with Crippen molar-refractivity contribution < 1.29 is 17.9 Å². The number of halogens is 3. The van der Waals surface area contributed by atoms with E-state index in [2.05, 4.69) is 10.3 Å². The number of ether oxygens (including phenoxy) is 1. The van der Waals surface area contributed by atoms with E-state index in [1.807, 2.05) is 26.0 Å². The van der Waals surface area contributed by atoms with E-state index in [1.54, 1.807) is 26.0 Å². The molecule has 0 aliphatic heterocycles. The molecule has 0 aliphatic rings. The van der Waals surface area contributed by atoms with Crippen molar-refractivity contribution in [3.05, 3.63) is 86.2 Å². The summed E-state index contributed by atoms with van der Waals surface area (Å²) < 4.78 is 47.2. The van der Waals surface area contributed by atoms with Crippen LogP contribution in [0.4, 0.5) is 24.8 Å². The van der Waals surface area contributed by atoms with Gasteiger partial charge < -0.3 is 10.1 Å². The van der Waals surface area contributed by atoms with Crippen molar-refractivity contribution in [2.45, 2.75) is 59.2 Å². The fourth-order valence-corrected chi connectivity index (χ4v) is 3.29. The molecule has 0 saturated carbocycles. The quantitative estimate of drug-likeness (QED) is 0.509. The largest absolute Gasteiger partial charge is 0.416 e. The lowest BCUT2D eigenvalue weighted by molar-refractivity contribution is -0.137. The lowest BCUT2D eigenvalue weighted by atomic mass is 10.1. The van der Waals surface area contributed by atoms with Crippen molar-refractivity contribution in [1.82, 2.24) is 14.1 Å². The van der Waals surface area contributed by atoms with Crippen molar-refractivity contribution in [3.63, 3.8) is 0 Å². The third-order valence-corrected chi connectivity index (χ3v) is 5.01. The first kappa shape index (κ1) is 25.2. The summed E-state index contributed by atoms with van der Waals surface area (Å²) in [6.07, 6.45) is -4.43. The summed E-state index contributed by atoms with van der Waals surface area (Å²) in [5.41, 5.74) is -0.501. The fraction of sp³-hybridized carbons (Fsp3) is 0.375. The zero-order valence-corrected chi connectivity index (χ0v) is 19.4. The highest BCUT2D eigenvalue weighted by atomic mass is 19.4. The number of hydrogen-bond donors (Lipinski definition) is 1. The minimum atomic E-state index is -4.52. The van der Waals surface area contributed by atoms with E-state index in [4.69, 9.17) is 4.74 Å². The summed E-state index contributed by atoms with van der Waals surface area (Å²) in [7, 11) is 0. The van der Waals surface area contributed by atoms with Gasteiger partial charge in [0.05, 0.1) is 24.8 Å². The molecule has 1 aromatic heterocycles. The van der Waals surface area contributed by atoms with Crippen LogP contribution in [-0.2, 0) is 24.1 Å². The number of hydrogen-bond acceptors (Lipinski definition) is 5. The van der Waals surface area contributed by atoms with Gasteiger partial charge in [-0.1, -0.05) is 24.3 Å². The summed E-state index contributed by atoms with van der Waals surface area (Å²) in [5, 5.41) is 2.95. The summed E-state index contributed by atoms with van der Waals surface area (Å²) in [5.74, 6) is -0.0597. The fourth-order valence-electron chi connectivity index (χ4n) is 3.29. The standard InChI is InChI=1S/C24H27F3N4O3/c1-15(2)31-22(32)29-21(28-20-10-8-17(9-11-20)14-34-16(3)4)30(23(31)33)13-18-6-5-7-19(12-18)24(25,26)27/h5-12,15-16H,13-14H2,1-4H3,(H,28,29,32). The summed E-state index contributed by atoms with van der Waals surface area (Å²) in [6, 6.07) is 11.4. The van der Waals surface area contributed by atoms with Gasteiger partial charge in [0.1, 0.15) is 0 Å². The third-order valence-electron chi connectivity index (χ3n) is 5.01. The molecule has 7 nitrogen and oxygen atoms in total. The minimum Gasteiger partial charge on any atom is -0.374 e. The van der Waals surface area contributed by atoms with Gasteiger partial charge in [0.2, 0.25) is 5.95 Å². The third kappa shape index (κ3) is 6.13. The predicted molar refractivity (Wildman–Crippen MR) is 123 cm³/mol. The van der Waals surface area contributed by atoms with Crippen LogP contribution < -0.4 is 16.7 Å². The first-order valence-corrected chi connectivity index (χ1v) is 10.8. The minimum absolute atomic E-state index is 0.0597. The maximum Gasteiger partial charge on any atom is 0.416 e. The first-order chi connectivity index (χ1) is 16.0. The number of aromatic nitrogens is 3. The van der Waals surface area contributed by atoms with Crippen LogP contribution in [0.1, 0.15) is 50.4 Å². The van der Waals surface area contributed by atoms with Gasteiger partial charge >= 0.3 is 17.6 Å². The molecule has 2 aromatic carbocycles. The Morgan fingerprint density at radius 1 is 1.00 bits per heavy atom. The second-order valence-corrected chi connectivity index (χ2v) is 8.43. The lowest BCUT2D eigenvalue weighted by Crippen LogP contribution is -2.43. The van der Waals surface area contributed by atoms with E-state index in [0.29, 0.717) is 12.3 Å². The van der Waals surface area contributed by atoms with Gasteiger partial charge in [0.25, 0.3) is 0 Å². The van der Waals surface area contributed by atoms with Crippen LogP contribution in [0.25, 0.3) is 0 Å². The van der Waals surface area contributed by atoms with Gasteiger partial charge in [-0.2, -0.15) is 18.2 Å². The average molecular weight is 476 g/mol. The first-order valence-electron chi connectivity index (χ1n) is 10.8. The topological polar surface area (TPSA) is 78.2 Å². The molecule has 0 spiro atoms. The average Bonchev–Trinajstić information content (AvgIpc) is 2.75. The monoisotopic (exact) mass is 476 g/mol. The van der Waals surface area contributed by atoms with Crippen LogP contribution in [0, 0.1) is 0 Å². The van der Waals surface area contributed by atoms with Crippen molar-refractivity contribution >= 4 is 11.6 Å². The molecule has 0 aliphatic carbocycles.